The SMILES string of the molecule is CN(C)c1cc(N2CCN(c3ncnc4[nH]ccc34)CC2)ncn1. The molecule has 8 heteroatoms. The molecule has 1 N–H and O–H groups in total. The van der Waals surface area contributed by atoms with Crippen LogP contribution in [0.3, 0.4) is 0 Å². The first-order valence-electron chi connectivity index (χ1n) is 8.00. The fourth-order valence-electron chi connectivity index (χ4n) is 3.01. The largest absolute Gasteiger partial charge is 0.363 e. The predicted octanol–water partition coefficient (Wildman–Crippen LogP) is 1.14. The molecule has 0 spiro atoms. The molecular formula is C16H20N8. The van der Waals surface area contributed by atoms with E-state index in [1.165, 1.54) is 0 Å². The molecule has 0 aromatic carbocycles. The van der Waals surface area contributed by atoms with Crippen molar-refractivity contribution >= 4 is 28.5 Å². The molecule has 0 aliphatic carbocycles. The molecule has 0 radical (unpaired) electrons. The van der Waals surface area contributed by atoms with Gasteiger partial charge in [0, 0.05) is 52.5 Å². The third-order valence-corrected chi connectivity index (χ3v) is 4.33. The molecule has 124 valence electrons. The van der Waals surface area contributed by atoms with Gasteiger partial charge in [0.1, 0.15) is 35.8 Å². The van der Waals surface area contributed by atoms with Gasteiger partial charge in [-0.25, -0.2) is 19.9 Å². The summed E-state index contributed by atoms with van der Waals surface area (Å²) in [5.74, 6) is 2.90. The normalized spacial score (nSPS) is 15.1. The molecule has 1 aliphatic rings. The fraction of sp³-hybridized carbons (Fsp3) is 0.375. The van der Waals surface area contributed by atoms with Crippen LogP contribution in [0.15, 0.2) is 31.0 Å². The van der Waals surface area contributed by atoms with E-state index in [0.717, 1.165) is 54.7 Å². The topological polar surface area (TPSA) is 77.1 Å². The average Bonchev–Trinajstić information content (AvgIpc) is 3.11. The molecule has 0 saturated carbocycles. The van der Waals surface area contributed by atoms with E-state index in [9.17, 15) is 0 Å². The number of H-pyrrole nitrogens is 1. The van der Waals surface area contributed by atoms with Crippen LogP contribution in [0.4, 0.5) is 17.5 Å². The lowest BCUT2D eigenvalue weighted by Crippen LogP contribution is -2.47. The maximum Gasteiger partial charge on any atom is 0.142 e. The first-order chi connectivity index (χ1) is 11.7. The number of nitrogens with one attached hydrogen (secondary N) is 1. The van der Waals surface area contributed by atoms with Gasteiger partial charge in [0.25, 0.3) is 0 Å². The Balaban J connectivity index is 1.51. The lowest BCUT2D eigenvalue weighted by molar-refractivity contribution is 0.642. The van der Waals surface area contributed by atoms with Crippen molar-refractivity contribution in [1.82, 2.24) is 24.9 Å². The fourth-order valence-corrected chi connectivity index (χ4v) is 3.01. The van der Waals surface area contributed by atoms with E-state index in [4.69, 9.17) is 0 Å². The Morgan fingerprint density at radius 2 is 1.71 bits per heavy atom. The first kappa shape index (κ1) is 14.7. The maximum absolute atomic E-state index is 4.48. The summed E-state index contributed by atoms with van der Waals surface area (Å²) in [5, 5.41) is 1.07. The van der Waals surface area contributed by atoms with Crippen LogP contribution in [0.25, 0.3) is 11.0 Å². The number of hydrogen-bond donors (Lipinski definition) is 1. The number of piperazine rings is 1. The number of hydrogen-bond acceptors (Lipinski definition) is 7. The van der Waals surface area contributed by atoms with Crippen LogP contribution in [0.1, 0.15) is 0 Å². The van der Waals surface area contributed by atoms with Crippen molar-refractivity contribution in [3.8, 4) is 0 Å². The molecule has 1 aliphatic heterocycles. The molecule has 3 aromatic rings. The number of fused-ring (bicyclic) bond motifs is 1. The van der Waals surface area contributed by atoms with Gasteiger partial charge in [-0.15, -0.1) is 0 Å². The summed E-state index contributed by atoms with van der Waals surface area (Å²) in [7, 11) is 3.97. The third kappa shape index (κ3) is 2.60. The zero-order valence-electron chi connectivity index (χ0n) is 13.8. The molecule has 0 atom stereocenters. The van der Waals surface area contributed by atoms with E-state index in [-0.39, 0.29) is 0 Å². The van der Waals surface area contributed by atoms with Crippen LogP contribution in [-0.4, -0.2) is 65.2 Å². The van der Waals surface area contributed by atoms with Crippen LogP contribution in [0.2, 0.25) is 0 Å². The molecule has 3 aromatic heterocycles. The van der Waals surface area contributed by atoms with Crippen molar-refractivity contribution in [1.29, 1.82) is 0 Å². The molecule has 0 amide bonds. The molecule has 0 unspecified atom stereocenters. The average molecular weight is 324 g/mol. The van der Waals surface area contributed by atoms with E-state index in [1.807, 2.05) is 37.3 Å². The van der Waals surface area contributed by atoms with Gasteiger partial charge < -0.3 is 19.7 Å². The van der Waals surface area contributed by atoms with E-state index >= 15 is 0 Å². The summed E-state index contributed by atoms with van der Waals surface area (Å²) in [5.41, 5.74) is 0.883. The van der Waals surface area contributed by atoms with Crippen LogP contribution in [0, 0.1) is 0 Å². The Morgan fingerprint density at radius 3 is 2.50 bits per heavy atom. The second-order valence-corrected chi connectivity index (χ2v) is 6.04. The van der Waals surface area contributed by atoms with Gasteiger partial charge in [0.05, 0.1) is 5.39 Å². The Labute approximate surface area is 140 Å². The van der Waals surface area contributed by atoms with Gasteiger partial charge in [-0.2, -0.15) is 0 Å². The van der Waals surface area contributed by atoms with Crippen molar-refractivity contribution in [2.45, 2.75) is 0 Å². The van der Waals surface area contributed by atoms with Crippen LogP contribution in [0.5, 0.6) is 0 Å². The van der Waals surface area contributed by atoms with E-state index < -0.39 is 0 Å². The summed E-state index contributed by atoms with van der Waals surface area (Å²) in [6.45, 7) is 3.61. The lowest BCUT2D eigenvalue weighted by atomic mass is 10.2. The Kier molecular flexibility index (Phi) is 3.64. The van der Waals surface area contributed by atoms with Gasteiger partial charge in [-0.05, 0) is 6.07 Å². The van der Waals surface area contributed by atoms with Crippen molar-refractivity contribution in [3.05, 3.63) is 31.0 Å². The van der Waals surface area contributed by atoms with Gasteiger partial charge >= 0.3 is 0 Å². The number of rotatable bonds is 3. The molecule has 8 nitrogen and oxygen atoms in total. The number of aromatic amines is 1. The molecule has 1 fully saturated rings. The van der Waals surface area contributed by atoms with Crippen LogP contribution in [-0.2, 0) is 0 Å². The lowest BCUT2D eigenvalue weighted by Gasteiger charge is -2.36. The molecule has 0 bridgehead atoms. The highest BCUT2D eigenvalue weighted by Crippen LogP contribution is 2.24. The smallest absolute Gasteiger partial charge is 0.142 e. The number of nitrogens with zero attached hydrogens (tertiary/aromatic N) is 7. The molecule has 24 heavy (non-hydrogen) atoms. The highest BCUT2D eigenvalue weighted by Gasteiger charge is 2.21. The van der Waals surface area contributed by atoms with Crippen molar-refractivity contribution in [2.75, 3.05) is 55.0 Å². The van der Waals surface area contributed by atoms with Crippen molar-refractivity contribution in [2.24, 2.45) is 0 Å². The molecule has 4 heterocycles. The standard InChI is InChI=1S/C16H20N8/c1-22(2)13-9-14(19-10-18-13)23-5-7-24(8-6-23)16-12-3-4-17-15(12)20-11-21-16/h3-4,9-11H,5-8H2,1-2H3,(H,17,20,21). The Bertz CT molecular complexity index is 835. The first-order valence-corrected chi connectivity index (χ1v) is 8.00. The summed E-state index contributed by atoms with van der Waals surface area (Å²) < 4.78 is 0. The second-order valence-electron chi connectivity index (χ2n) is 6.04. The monoisotopic (exact) mass is 324 g/mol. The quantitative estimate of drug-likeness (QED) is 0.774. The summed E-state index contributed by atoms with van der Waals surface area (Å²) in [4.78, 5) is 27.2. The minimum Gasteiger partial charge on any atom is -0.363 e. The van der Waals surface area contributed by atoms with Gasteiger partial charge in [0.15, 0.2) is 0 Å². The number of aromatic nitrogens is 5. The van der Waals surface area contributed by atoms with Gasteiger partial charge in [-0.1, -0.05) is 0 Å². The molecule has 1 saturated heterocycles. The Hall–Kier alpha value is -2.90. The van der Waals surface area contributed by atoms with Crippen LogP contribution >= 0.6 is 0 Å². The van der Waals surface area contributed by atoms with E-state index in [1.54, 1.807) is 12.7 Å². The molecular weight excluding hydrogens is 304 g/mol. The predicted molar refractivity (Wildman–Crippen MR) is 94.7 cm³/mol. The van der Waals surface area contributed by atoms with Crippen LogP contribution < -0.4 is 14.7 Å². The zero-order valence-corrected chi connectivity index (χ0v) is 13.8. The van der Waals surface area contributed by atoms with Crippen molar-refractivity contribution < 1.29 is 0 Å². The van der Waals surface area contributed by atoms with E-state index in [2.05, 4.69) is 34.7 Å². The summed E-state index contributed by atoms with van der Waals surface area (Å²) in [6.07, 6.45) is 5.15. The minimum absolute atomic E-state index is 0.883. The second kappa shape index (κ2) is 5.95. The summed E-state index contributed by atoms with van der Waals surface area (Å²) >= 11 is 0. The highest BCUT2D eigenvalue weighted by atomic mass is 15.3. The Morgan fingerprint density at radius 1 is 0.958 bits per heavy atom. The number of anilines is 3. The van der Waals surface area contributed by atoms with Gasteiger partial charge in [-0.3, -0.25) is 0 Å². The highest BCUT2D eigenvalue weighted by molar-refractivity contribution is 5.87. The minimum atomic E-state index is 0.883. The zero-order chi connectivity index (χ0) is 16.5. The van der Waals surface area contributed by atoms with Crippen molar-refractivity contribution in [3.63, 3.8) is 0 Å². The summed E-state index contributed by atoms with van der Waals surface area (Å²) in [6, 6.07) is 4.07. The van der Waals surface area contributed by atoms with Gasteiger partial charge in [0.2, 0.25) is 0 Å². The van der Waals surface area contributed by atoms with E-state index in [0.29, 0.717) is 0 Å². The maximum atomic E-state index is 4.48. The molecule has 4 rings (SSSR count). The third-order valence-electron chi connectivity index (χ3n) is 4.33.